The number of carbonyl (C=O) groups is 1. The largest absolute Gasteiger partial charge is 0.337 e. The molecule has 0 unspecified atom stereocenters. The van der Waals surface area contributed by atoms with Gasteiger partial charge in [0.1, 0.15) is 0 Å². The summed E-state index contributed by atoms with van der Waals surface area (Å²) in [5.74, 6) is 0.122. The van der Waals surface area contributed by atoms with Crippen molar-refractivity contribution in [3.8, 4) is 0 Å². The fraction of sp³-hybridized carbons (Fsp3) is 0.353. The average molecular weight is 411 g/mol. The molecule has 0 radical (unpaired) electrons. The lowest BCUT2D eigenvalue weighted by Crippen LogP contribution is -2.47. The maximum Gasteiger partial charge on any atom is 0.246 e. The monoisotopic (exact) mass is 410 g/mol. The fourth-order valence-corrected chi connectivity index (χ4v) is 4.94. The van der Waals surface area contributed by atoms with Crippen molar-refractivity contribution in [1.29, 1.82) is 0 Å². The first kappa shape index (κ1) is 16.9. The van der Waals surface area contributed by atoms with E-state index in [1.165, 1.54) is 19.1 Å². The van der Waals surface area contributed by atoms with Crippen molar-refractivity contribution in [2.45, 2.75) is 13.5 Å². The van der Waals surface area contributed by atoms with E-state index in [0.29, 0.717) is 0 Å². The number of nitrogens with zero attached hydrogens (tertiary/aromatic N) is 2. The van der Waals surface area contributed by atoms with Crippen molar-refractivity contribution in [2.24, 2.45) is 0 Å². The molecule has 0 atom stereocenters. The smallest absolute Gasteiger partial charge is 0.246 e. The maximum atomic E-state index is 12.3. The number of carbonyl (C=O) groups excluding carboxylic acids is 1. The number of halogens is 1. The SMILES string of the molecule is Cc1ccsc1/C=C/C(=O)N1CCN(Cc2ccc(Br)s2)CC1. The van der Waals surface area contributed by atoms with Gasteiger partial charge in [0.25, 0.3) is 0 Å². The van der Waals surface area contributed by atoms with Crippen molar-refractivity contribution in [3.05, 3.63) is 48.8 Å². The molecule has 0 aliphatic carbocycles. The second-order valence-corrected chi connectivity index (χ2v) is 9.10. The lowest BCUT2D eigenvalue weighted by molar-refractivity contribution is -0.127. The Morgan fingerprint density at radius 2 is 2.04 bits per heavy atom. The molecule has 2 aromatic heterocycles. The molecule has 1 aliphatic rings. The van der Waals surface area contributed by atoms with E-state index in [0.717, 1.165) is 32.7 Å². The van der Waals surface area contributed by atoms with Gasteiger partial charge in [-0.25, -0.2) is 0 Å². The molecule has 0 spiro atoms. The van der Waals surface area contributed by atoms with Gasteiger partial charge in [0.2, 0.25) is 5.91 Å². The summed E-state index contributed by atoms with van der Waals surface area (Å²) in [5.41, 5.74) is 1.23. The Balaban J connectivity index is 1.49. The van der Waals surface area contributed by atoms with Gasteiger partial charge in [-0.1, -0.05) is 0 Å². The van der Waals surface area contributed by atoms with Crippen LogP contribution < -0.4 is 0 Å². The fourth-order valence-electron chi connectivity index (χ4n) is 2.59. The Bertz CT molecular complexity index is 699. The highest BCUT2D eigenvalue weighted by atomic mass is 79.9. The number of piperazine rings is 1. The quantitative estimate of drug-likeness (QED) is 0.703. The molecule has 0 N–H and O–H groups in total. The van der Waals surface area contributed by atoms with E-state index < -0.39 is 0 Å². The lowest BCUT2D eigenvalue weighted by Gasteiger charge is -2.33. The van der Waals surface area contributed by atoms with Crippen LogP contribution in [0.1, 0.15) is 15.3 Å². The van der Waals surface area contributed by atoms with Crippen molar-refractivity contribution >= 4 is 50.6 Å². The number of rotatable bonds is 4. The van der Waals surface area contributed by atoms with Crippen molar-refractivity contribution in [3.63, 3.8) is 0 Å². The van der Waals surface area contributed by atoms with Crippen molar-refractivity contribution in [1.82, 2.24) is 9.80 Å². The molecule has 0 bridgehead atoms. The summed E-state index contributed by atoms with van der Waals surface area (Å²) in [6, 6.07) is 6.34. The second kappa shape index (κ2) is 7.75. The third kappa shape index (κ3) is 4.53. The third-order valence-corrected chi connectivity index (χ3v) is 6.56. The van der Waals surface area contributed by atoms with Crippen LogP contribution in [0.3, 0.4) is 0 Å². The van der Waals surface area contributed by atoms with E-state index >= 15 is 0 Å². The number of thiophene rings is 2. The predicted octanol–water partition coefficient (Wildman–Crippen LogP) is 4.24. The molecule has 6 heteroatoms. The van der Waals surface area contributed by atoms with Gasteiger partial charge in [0, 0.05) is 48.6 Å². The molecule has 1 saturated heterocycles. The number of hydrogen-bond acceptors (Lipinski definition) is 4. The van der Waals surface area contributed by atoms with Crippen LogP contribution in [0.15, 0.2) is 33.4 Å². The number of aryl methyl sites for hydroxylation is 1. The molecular weight excluding hydrogens is 392 g/mol. The summed E-state index contributed by atoms with van der Waals surface area (Å²) in [4.78, 5) is 19.2. The van der Waals surface area contributed by atoms with E-state index in [1.54, 1.807) is 28.7 Å². The molecule has 1 amide bonds. The summed E-state index contributed by atoms with van der Waals surface area (Å²) in [7, 11) is 0. The van der Waals surface area contributed by atoms with E-state index in [9.17, 15) is 4.79 Å². The standard InChI is InChI=1S/C17H19BrN2OS2/c1-13-6-11-22-15(13)3-5-17(21)20-9-7-19(8-10-20)12-14-2-4-16(18)23-14/h2-6,11H,7-10,12H2,1H3/b5-3+. The van der Waals surface area contributed by atoms with Gasteiger partial charge in [-0.15, -0.1) is 22.7 Å². The topological polar surface area (TPSA) is 23.6 Å². The van der Waals surface area contributed by atoms with Gasteiger partial charge in [-0.05, 0) is 58.1 Å². The van der Waals surface area contributed by atoms with Crippen molar-refractivity contribution in [2.75, 3.05) is 26.2 Å². The summed E-state index contributed by atoms with van der Waals surface area (Å²) >= 11 is 6.96. The van der Waals surface area contributed by atoms with Crippen LogP contribution in [0.5, 0.6) is 0 Å². The molecule has 1 fully saturated rings. The molecule has 0 aromatic carbocycles. The third-order valence-electron chi connectivity index (χ3n) is 3.97. The Kier molecular flexibility index (Phi) is 5.69. The van der Waals surface area contributed by atoms with Crippen LogP contribution >= 0.6 is 38.6 Å². The molecule has 23 heavy (non-hydrogen) atoms. The maximum absolute atomic E-state index is 12.3. The Morgan fingerprint density at radius 3 is 2.65 bits per heavy atom. The zero-order valence-electron chi connectivity index (χ0n) is 13.0. The second-order valence-electron chi connectivity index (χ2n) is 5.61. The minimum absolute atomic E-state index is 0.122. The van der Waals surface area contributed by atoms with E-state index in [1.807, 2.05) is 11.0 Å². The van der Waals surface area contributed by atoms with E-state index in [4.69, 9.17) is 0 Å². The van der Waals surface area contributed by atoms with Crippen LogP contribution in [-0.4, -0.2) is 41.9 Å². The zero-order chi connectivity index (χ0) is 16.2. The van der Waals surface area contributed by atoms with E-state index in [-0.39, 0.29) is 5.91 Å². The van der Waals surface area contributed by atoms with Crippen LogP contribution in [0, 0.1) is 6.92 Å². The Labute approximate surface area is 153 Å². The highest BCUT2D eigenvalue weighted by Crippen LogP contribution is 2.23. The molecule has 1 aliphatic heterocycles. The summed E-state index contributed by atoms with van der Waals surface area (Å²) < 4.78 is 1.18. The van der Waals surface area contributed by atoms with Crippen LogP contribution in [0.2, 0.25) is 0 Å². The van der Waals surface area contributed by atoms with Gasteiger partial charge >= 0.3 is 0 Å². The minimum atomic E-state index is 0.122. The molecule has 3 heterocycles. The van der Waals surface area contributed by atoms with Crippen LogP contribution in [-0.2, 0) is 11.3 Å². The molecular formula is C17H19BrN2OS2. The summed E-state index contributed by atoms with van der Waals surface area (Å²) in [6.45, 7) is 6.53. The molecule has 122 valence electrons. The van der Waals surface area contributed by atoms with E-state index in [2.05, 4.69) is 51.3 Å². The Morgan fingerprint density at radius 1 is 1.26 bits per heavy atom. The first-order chi connectivity index (χ1) is 11.1. The summed E-state index contributed by atoms with van der Waals surface area (Å²) in [6.07, 6.45) is 3.66. The zero-order valence-corrected chi connectivity index (χ0v) is 16.2. The lowest BCUT2D eigenvalue weighted by atomic mass is 10.2. The molecule has 3 rings (SSSR count). The predicted molar refractivity (Wildman–Crippen MR) is 102 cm³/mol. The molecule has 2 aromatic rings. The van der Waals surface area contributed by atoms with Gasteiger partial charge in [-0.3, -0.25) is 9.69 Å². The van der Waals surface area contributed by atoms with Gasteiger partial charge < -0.3 is 4.90 Å². The Hall–Kier alpha value is -0.950. The van der Waals surface area contributed by atoms with Gasteiger partial charge in [-0.2, -0.15) is 0 Å². The average Bonchev–Trinajstić information content (AvgIpc) is 3.14. The summed E-state index contributed by atoms with van der Waals surface area (Å²) in [5, 5.41) is 2.06. The highest BCUT2D eigenvalue weighted by molar-refractivity contribution is 9.11. The van der Waals surface area contributed by atoms with Crippen molar-refractivity contribution < 1.29 is 4.79 Å². The van der Waals surface area contributed by atoms with Gasteiger partial charge in [0.15, 0.2) is 0 Å². The van der Waals surface area contributed by atoms with Crippen LogP contribution in [0.25, 0.3) is 6.08 Å². The normalized spacial score (nSPS) is 16.3. The van der Waals surface area contributed by atoms with Crippen LogP contribution in [0.4, 0.5) is 0 Å². The number of amides is 1. The van der Waals surface area contributed by atoms with Gasteiger partial charge in [0.05, 0.1) is 3.79 Å². The highest BCUT2D eigenvalue weighted by Gasteiger charge is 2.20. The molecule has 3 nitrogen and oxygen atoms in total. The first-order valence-corrected chi connectivity index (χ1v) is 10.1. The number of hydrogen-bond donors (Lipinski definition) is 0. The first-order valence-electron chi connectivity index (χ1n) is 7.59. The molecule has 0 saturated carbocycles. The minimum Gasteiger partial charge on any atom is -0.337 e.